The van der Waals surface area contributed by atoms with Crippen LogP contribution in [0.25, 0.3) is 0 Å². The Morgan fingerprint density at radius 2 is 1.25 bits per heavy atom. The van der Waals surface area contributed by atoms with E-state index in [1.165, 1.54) is 6.08 Å². The molecule has 4 atom stereocenters. The van der Waals surface area contributed by atoms with E-state index in [4.69, 9.17) is 19.7 Å². The van der Waals surface area contributed by atoms with Crippen LogP contribution in [0.5, 0.6) is 0 Å². The number of ether oxygens (including phenoxy) is 2. The highest BCUT2D eigenvalue weighted by molar-refractivity contribution is 5.90. The molecule has 0 spiro atoms. The Morgan fingerprint density at radius 3 is 1.67 bits per heavy atom. The third kappa shape index (κ3) is 4.71. The number of aliphatic hydroxyl groups is 1. The van der Waals surface area contributed by atoms with E-state index in [1.54, 1.807) is 0 Å². The molecule has 0 bridgehead atoms. The van der Waals surface area contributed by atoms with Crippen LogP contribution in [-0.4, -0.2) is 40.3 Å². The molecular formula is C17H20O7. The van der Waals surface area contributed by atoms with Gasteiger partial charge in [-0.3, -0.25) is 0 Å². The lowest BCUT2D eigenvalue weighted by Crippen LogP contribution is -2.25. The van der Waals surface area contributed by atoms with Crippen molar-refractivity contribution in [2.24, 2.45) is 11.8 Å². The highest BCUT2D eigenvalue weighted by Crippen LogP contribution is 2.46. The van der Waals surface area contributed by atoms with Gasteiger partial charge in [-0.1, -0.05) is 6.58 Å². The lowest BCUT2D eigenvalue weighted by atomic mass is 9.98. The standard InChI is InChI=1S/C17H20O7/c1-10(18)2-8-16(21)23-13-5-3-12-11(13)4-6-14(12)24-17(22)9-7-15(19)20/h2,7-9,11-14,18H,1,3-6H2,(H,19,20)/t11-,12-,13-,14-/m0/s1. The van der Waals surface area contributed by atoms with Gasteiger partial charge in [0.15, 0.2) is 0 Å². The van der Waals surface area contributed by atoms with Crippen LogP contribution in [0.4, 0.5) is 0 Å². The molecule has 0 aromatic carbocycles. The zero-order valence-corrected chi connectivity index (χ0v) is 13.1. The number of esters is 2. The van der Waals surface area contributed by atoms with Gasteiger partial charge in [-0.05, 0) is 31.8 Å². The summed E-state index contributed by atoms with van der Waals surface area (Å²) < 4.78 is 10.7. The second-order valence-electron chi connectivity index (χ2n) is 5.93. The van der Waals surface area contributed by atoms with E-state index >= 15 is 0 Å². The number of carbonyl (C=O) groups excluding carboxylic acids is 2. The van der Waals surface area contributed by atoms with E-state index in [2.05, 4.69) is 6.58 Å². The predicted molar refractivity (Wildman–Crippen MR) is 82.9 cm³/mol. The molecule has 7 nitrogen and oxygen atoms in total. The summed E-state index contributed by atoms with van der Waals surface area (Å²) in [5.74, 6) is -2.41. The summed E-state index contributed by atoms with van der Waals surface area (Å²) in [5, 5.41) is 17.4. The molecule has 0 aromatic rings. The number of aliphatic carboxylic acids is 1. The largest absolute Gasteiger partial charge is 0.509 e. The molecule has 2 aliphatic carbocycles. The molecule has 0 radical (unpaired) electrons. The molecule has 24 heavy (non-hydrogen) atoms. The van der Waals surface area contributed by atoms with Crippen LogP contribution in [0.3, 0.4) is 0 Å². The highest BCUT2D eigenvalue weighted by Gasteiger charge is 2.47. The zero-order chi connectivity index (χ0) is 17.7. The third-order valence-corrected chi connectivity index (χ3v) is 4.38. The van der Waals surface area contributed by atoms with Crippen LogP contribution in [0.15, 0.2) is 36.6 Å². The van der Waals surface area contributed by atoms with Crippen molar-refractivity contribution in [3.8, 4) is 0 Å². The Hall–Kier alpha value is -2.57. The van der Waals surface area contributed by atoms with Gasteiger partial charge in [0.1, 0.15) is 18.0 Å². The summed E-state index contributed by atoms with van der Waals surface area (Å²) >= 11 is 0. The Morgan fingerprint density at radius 1 is 0.792 bits per heavy atom. The minimum Gasteiger partial charge on any atom is -0.509 e. The number of carboxylic acid groups (broad SMARTS) is 1. The van der Waals surface area contributed by atoms with Gasteiger partial charge in [0.25, 0.3) is 0 Å². The lowest BCUT2D eigenvalue weighted by Gasteiger charge is -2.20. The molecule has 2 fully saturated rings. The number of fused-ring (bicyclic) bond motifs is 1. The van der Waals surface area contributed by atoms with Gasteiger partial charge >= 0.3 is 17.9 Å². The molecule has 0 amide bonds. The summed E-state index contributed by atoms with van der Waals surface area (Å²) in [7, 11) is 0. The van der Waals surface area contributed by atoms with Crippen LogP contribution >= 0.6 is 0 Å². The topological polar surface area (TPSA) is 110 Å². The minimum absolute atomic E-state index is 0.113. The van der Waals surface area contributed by atoms with E-state index in [-0.39, 0.29) is 29.8 Å². The number of carbonyl (C=O) groups is 3. The average Bonchev–Trinajstić information content (AvgIpc) is 3.07. The molecule has 2 N–H and O–H groups in total. The number of hydrogen-bond acceptors (Lipinski definition) is 6. The molecule has 130 valence electrons. The van der Waals surface area contributed by atoms with Crippen molar-refractivity contribution in [2.75, 3.05) is 0 Å². The van der Waals surface area contributed by atoms with Gasteiger partial charge in [-0.15, -0.1) is 0 Å². The molecule has 7 heteroatoms. The van der Waals surface area contributed by atoms with Crippen LogP contribution < -0.4 is 0 Å². The first kappa shape index (κ1) is 17.8. The van der Waals surface area contributed by atoms with Crippen molar-refractivity contribution in [2.45, 2.75) is 37.9 Å². The van der Waals surface area contributed by atoms with Crippen LogP contribution in [0, 0.1) is 11.8 Å². The first-order valence-corrected chi connectivity index (χ1v) is 7.75. The quantitative estimate of drug-likeness (QED) is 0.330. The Bertz CT molecular complexity index is 538. The van der Waals surface area contributed by atoms with E-state index in [1.807, 2.05) is 0 Å². The van der Waals surface area contributed by atoms with E-state index in [9.17, 15) is 14.4 Å². The summed E-state index contributed by atoms with van der Waals surface area (Å²) in [4.78, 5) is 33.7. The molecule has 2 saturated carbocycles. The van der Waals surface area contributed by atoms with Crippen molar-refractivity contribution >= 4 is 17.9 Å². The Balaban J connectivity index is 1.87. The molecule has 0 unspecified atom stereocenters. The first-order valence-electron chi connectivity index (χ1n) is 7.75. The van der Waals surface area contributed by atoms with Crippen molar-refractivity contribution < 1.29 is 34.1 Å². The van der Waals surface area contributed by atoms with Crippen molar-refractivity contribution in [3.63, 3.8) is 0 Å². The maximum absolute atomic E-state index is 11.7. The summed E-state index contributed by atoms with van der Waals surface area (Å²) in [5.41, 5.74) is 0. The SMILES string of the molecule is C=C(O)C=CC(=O)O[C@H]1CC[C@H]2[C@@H]1CC[C@@H]2OC(=O)C=CC(=O)O. The molecule has 0 saturated heterocycles. The lowest BCUT2D eigenvalue weighted by molar-refractivity contribution is -0.147. The average molecular weight is 336 g/mol. The number of aliphatic hydroxyl groups excluding tert-OH is 1. The zero-order valence-electron chi connectivity index (χ0n) is 13.1. The Kier molecular flexibility index (Phi) is 5.78. The fourth-order valence-electron chi connectivity index (χ4n) is 3.47. The van der Waals surface area contributed by atoms with E-state index < -0.39 is 17.9 Å². The van der Waals surface area contributed by atoms with Gasteiger partial charge in [0.05, 0.1) is 0 Å². The maximum Gasteiger partial charge on any atom is 0.331 e. The molecular weight excluding hydrogens is 316 g/mol. The molecule has 2 aliphatic rings. The fraction of sp³-hybridized carbons (Fsp3) is 0.471. The summed E-state index contributed by atoms with van der Waals surface area (Å²) in [6, 6.07) is 0. The van der Waals surface area contributed by atoms with Crippen LogP contribution in [0.2, 0.25) is 0 Å². The highest BCUT2D eigenvalue weighted by atomic mass is 16.6. The van der Waals surface area contributed by atoms with Crippen molar-refractivity contribution in [3.05, 3.63) is 36.6 Å². The molecule has 0 heterocycles. The van der Waals surface area contributed by atoms with E-state index in [0.29, 0.717) is 12.8 Å². The second-order valence-corrected chi connectivity index (χ2v) is 5.93. The Labute approximate surface area is 139 Å². The predicted octanol–water partition coefficient (Wildman–Crippen LogP) is 1.90. The van der Waals surface area contributed by atoms with Gasteiger partial charge < -0.3 is 19.7 Å². The van der Waals surface area contributed by atoms with Crippen molar-refractivity contribution in [1.29, 1.82) is 0 Å². The number of rotatable bonds is 6. The molecule has 2 rings (SSSR count). The normalized spacial score (nSPS) is 28.8. The summed E-state index contributed by atoms with van der Waals surface area (Å²) in [6.45, 7) is 3.25. The second kappa shape index (κ2) is 7.81. The molecule has 0 aromatic heterocycles. The summed E-state index contributed by atoms with van der Waals surface area (Å²) in [6.07, 6.45) is 6.33. The van der Waals surface area contributed by atoms with Gasteiger partial charge in [0.2, 0.25) is 0 Å². The number of hydrogen-bond donors (Lipinski definition) is 2. The van der Waals surface area contributed by atoms with Gasteiger partial charge in [0, 0.05) is 30.1 Å². The van der Waals surface area contributed by atoms with Gasteiger partial charge in [-0.2, -0.15) is 0 Å². The number of carboxylic acids is 1. The van der Waals surface area contributed by atoms with Crippen LogP contribution in [-0.2, 0) is 23.9 Å². The van der Waals surface area contributed by atoms with Crippen LogP contribution in [0.1, 0.15) is 25.7 Å². The minimum atomic E-state index is -1.21. The first-order chi connectivity index (χ1) is 11.4. The molecule has 0 aliphatic heterocycles. The fourth-order valence-corrected chi connectivity index (χ4v) is 3.47. The van der Waals surface area contributed by atoms with Crippen molar-refractivity contribution in [1.82, 2.24) is 0 Å². The number of allylic oxidation sites excluding steroid dienone is 1. The van der Waals surface area contributed by atoms with E-state index in [0.717, 1.165) is 31.1 Å². The smallest absolute Gasteiger partial charge is 0.331 e. The monoisotopic (exact) mass is 336 g/mol. The maximum atomic E-state index is 11.7. The third-order valence-electron chi connectivity index (χ3n) is 4.38. The van der Waals surface area contributed by atoms with Gasteiger partial charge in [-0.25, -0.2) is 14.4 Å².